The summed E-state index contributed by atoms with van der Waals surface area (Å²) in [6.45, 7) is 0.419. The molecule has 1 aliphatic heterocycles. The molecule has 1 atom stereocenters. The molecule has 0 saturated heterocycles. The molecular weight excluding hydrogens is 242 g/mol. The molecule has 0 saturated carbocycles. The average Bonchev–Trinajstić information content (AvgIpc) is 2.64. The van der Waals surface area contributed by atoms with Gasteiger partial charge in [0.1, 0.15) is 6.10 Å². The first-order chi connectivity index (χ1) is 8.13. The Morgan fingerprint density at radius 1 is 1.59 bits per heavy atom. The van der Waals surface area contributed by atoms with Crippen LogP contribution in [0.15, 0.2) is 29.3 Å². The molecule has 0 amide bonds. The second kappa shape index (κ2) is 5.19. The normalized spacial score (nSPS) is 18.6. The van der Waals surface area contributed by atoms with E-state index in [9.17, 15) is 4.79 Å². The lowest BCUT2D eigenvalue weighted by Gasteiger charge is -2.08. The molecule has 1 aliphatic rings. The number of ether oxygens (including phenoxy) is 1. The first-order valence-corrected chi connectivity index (χ1v) is 5.67. The van der Waals surface area contributed by atoms with Gasteiger partial charge >= 0.3 is 5.97 Å². The largest absolute Gasteiger partial charge is 0.481 e. The quantitative estimate of drug-likeness (QED) is 0.895. The van der Waals surface area contributed by atoms with Crippen LogP contribution in [0.25, 0.3) is 0 Å². The van der Waals surface area contributed by atoms with Gasteiger partial charge in [0, 0.05) is 11.4 Å². The maximum absolute atomic E-state index is 10.5. The molecule has 0 radical (unpaired) electrons. The van der Waals surface area contributed by atoms with Crippen LogP contribution in [0.2, 0.25) is 5.02 Å². The Hall–Kier alpha value is -1.55. The standard InChI is InChI=1S/C12H12ClNO3/c13-9-3-1-2-8(4-9)5-11-14-7-10(17-11)6-12(15)16/h1-4,10H,5-7H2,(H,15,16). The van der Waals surface area contributed by atoms with Crippen LogP contribution in [0.5, 0.6) is 0 Å². The summed E-state index contributed by atoms with van der Waals surface area (Å²) in [4.78, 5) is 14.7. The van der Waals surface area contributed by atoms with Crippen LogP contribution in [0.4, 0.5) is 0 Å². The molecule has 1 aromatic carbocycles. The fraction of sp³-hybridized carbons (Fsp3) is 0.333. The highest BCUT2D eigenvalue weighted by molar-refractivity contribution is 6.30. The second-order valence-electron chi connectivity index (χ2n) is 3.88. The highest BCUT2D eigenvalue weighted by Crippen LogP contribution is 2.15. The molecular formula is C12H12ClNO3. The third-order valence-corrected chi connectivity index (χ3v) is 2.66. The van der Waals surface area contributed by atoms with Crippen LogP contribution in [0, 0.1) is 0 Å². The third-order valence-electron chi connectivity index (χ3n) is 2.42. The highest BCUT2D eigenvalue weighted by atomic mass is 35.5. The van der Waals surface area contributed by atoms with Crippen molar-refractivity contribution in [2.75, 3.05) is 6.54 Å². The van der Waals surface area contributed by atoms with Crippen LogP contribution in [-0.2, 0) is 16.0 Å². The number of rotatable bonds is 4. The topological polar surface area (TPSA) is 58.9 Å². The van der Waals surface area contributed by atoms with E-state index in [0.29, 0.717) is 23.9 Å². The molecule has 1 aromatic rings. The Bertz CT molecular complexity index is 459. The van der Waals surface area contributed by atoms with Crippen molar-refractivity contribution in [2.24, 2.45) is 4.99 Å². The Morgan fingerprint density at radius 2 is 2.41 bits per heavy atom. The van der Waals surface area contributed by atoms with Crippen molar-refractivity contribution < 1.29 is 14.6 Å². The van der Waals surface area contributed by atoms with Gasteiger partial charge in [-0.05, 0) is 17.7 Å². The Labute approximate surface area is 104 Å². The average molecular weight is 254 g/mol. The number of hydrogen-bond donors (Lipinski definition) is 1. The molecule has 17 heavy (non-hydrogen) atoms. The smallest absolute Gasteiger partial charge is 0.307 e. The lowest BCUT2D eigenvalue weighted by molar-refractivity contribution is -0.138. The summed E-state index contributed by atoms with van der Waals surface area (Å²) in [5, 5.41) is 9.31. The zero-order valence-electron chi connectivity index (χ0n) is 9.10. The van der Waals surface area contributed by atoms with Gasteiger partial charge in [-0.25, -0.2) is 0 Å². The zero-order valence-corrected chi connectivity index (χ0v) is 9.85. The monoisotopic (exact) mass is 253 g/mol. The van der Waals surface area contributed by atoms with Gasteiger partial charge in [-0.3, -0.25) is 9.79 Å². The minimum atomic E-state index is -0.866. The van der Waals surface area contributed by atoms with Gasteiger partial charge in [0.25, 0.3) is 0 Å². The van der Waals surface area contributed by atoms with Gasteiger partial charge in [-0.15, -0.1) is 0 Å². The van der Waals surface area contributed by atoms with Crippen LogP contribution < -0.4 is 0 Å². The number of hydrogen-bond acceptors (Lipinski definition) is 3. The molecule has 4 nitrogen and oxygen atoms in total. The van der Waals surface area contributed by atoms with Gasteiger partial charge in [0.2, 0.25) is 0 Å². The van der Waals surface area contributed by atoms with Crippen LogP contribution in [0.3, 0.4) is 0 Å². The predicted molar refractivity (Wildman–Crippen MR) is 64.6 cm³/mol. The number of carbonyl (C=O) groups is 1. The summed E-state index contributed by atoms with van der Waals surface area (Å²) in [6.07, 6.45) is 0.209. The van der Waals surface area contributed by atoms with E-state index in [1.54, 1.807) is 6.07 Å². The summed E-state index contributed by atoms with van der Waals surface area (Å²) in [5.41, 5.74) is 1.01. The number of benzene rings is 1. The van der Waals surface area contributed by atoms with Crippen molar-refractivity contribution in [1.29, 1.82) is 0 Å². The van der Waals surface area contributed by atoms with Crippen LogP contribution in [-0.4, -0.2) is 29.6 Å². The maximum Gasteiger partial charge on any atom is 0.307 e. The first kappa shape index (κ1) is 11.9. The van der Waals surface area contributed by atoms with Crippen molar-refractivity contribution in [3.05, 3.63) is 34.9 Å². The van der Waals surface area contributed by atoms with Gasteiger partial charge < -0.3 is 9.84 Å². The van der Waals surface area contributed by atoms with Crippen LogP contribution >= 0.6 is 11.6 Å². The lowest BCUT2D eigenvalue weighted by atomic mass is 10.1. The highest BCUT2D eigenvalue weighted by Gasteiger charge is 2.22. The molecule has 0 bridgehead atoms. The SMILES string of the molecule is O=C(O)CC1CN=C(Cc2cccc(Cl)c2)O1. The Morgan fingerprint density at radius 3 is 3.12 bits per heavy atom. The maximum atomic E-state index is 10.5. The van der Waals surface area contributed by atoms with E-state index in [0.717, 1.165) is 5.56 Å². The van der Waals surface area contributed by atoms with Gasteiger partial charge in [0.05, 0.1) is 13.0 Å². The molecule has 1 heterocycles. The molecule has 0 aliphatic carbocycles. The van der Waals surface area contributed by atoms with Gasteiger partial charge in [0.15, 0.2) is 5.90 Å². The molecule has 0 spiro atoms. The van der Waals surface area contributed by atoms with Gasteiger partial charge in [-0.1, -0.05) is 23.7 Å². The summed E-state index contributed by atoms with van der Waals surface area (Å²) >= 11 is 5.87. The van der Waals surface area contributed by atoms with E-state index in [2.05, 4.69) is 4.99 Å². The number of carboxylic acids is 1. The summed E-state index contributed by atoms with van der Waals surface area (Å²) in [7, 11) is 0. The molecule has 5 heteroatoms. The predicted octanol–water partition coefficient (Wildman–Crippen LogP) is 2.15. The van der Waals surface area contributed by atoms with Crippen molar-refractivity contribution in [1.82, 2.24) is 0 Å². The molecule has 2 rings (SSSR count). The van der Waals surface area contributed by atoms with Crippen LogP contribution in [0.1, 0.15) is 12.0 Å². The van der Waals surface area contributed by atoms with Crippen molar-refractivity contribution in [2.45, 2.75) is 18.9 Å². The Balaban J connectivity index is 1.91. The first-order valence-electron chi connectivity index (χ1n) is 5.29. The summed E-state index contributed by atoms with van der Waals surface area (Å²) in [6, 6.07) is 7.44. The third kappa shape index (κ3) is 3.46. The van der Waals surface area contributed by atoms with Gasteiger partial charge in [-0.2, -0.15) is 0 Å². The van der Waals surface area contributed by atoms with E-state index in [-0.39, 0.29) is 12.5 Å². The minimum absolute atomic E-state index is 0.0114. The van der Waals surface area contributed by atoms with Crippen molar-refractivity contribution in [3.8, 4) is 0 Å². The fourth-order valence-electron chi connectivity index (χ4n) is 1.69. The zero-order chi connectivity index (χ0) is 12.3. The number of nitrogens with zero attached hydrogens (tertiary/aromatic N) is 1. The number of carboxylic acid groups (broad SMARTS) is 1. The van der Waals surface area contributed by atoms with Crippen molar-refractivity contribution >= 4 is 23.5 Å². The number of halogens is 1. The van der Waals surface area contributed by atoms with E-state index >= 15 is 0 Å². The van der Waals surface area contributed by atoms with E-state index in [1.165, 1.54) is 0 Å². The molecule has 0 fully saturated rings. The second-order valence-corrected chi connectivity index (χ2v) is 4.32. The Kier molecular flexibility index (Phi) is 3.64. The number of aliphatic imine (C=N–C) groups is 1. The number of aliphatic carboxylic acids is 1. The van der Waals surface area contributed by atoms with E-state index < -0.39 is 5.97 Å². The fourth-order valence-corrected chi connectivity index (χ4v) is 1.90. The summed E-state index contributed by atoms with van der Waals surface area (Å²) < 4.78 is 5.44. The minimum Gasteiger partial charge on any atom is -0.481 e. The van der Waals surface area contributed by atoms with Crippen molar-refractivity contribution in [3.63, 3.8) is 0 Å². The van der Waals surface area contributed by atoms with E-state index in [1.807, 2.05) is 18.2 Å². The molecule has 1 N–H and O–H groups in total. The summed E-state index contributed by atoms with van der Waals surface area (Å²) in [5.74, 6) is -0.285. The van der Waals surface area contributed by atoms with E-state index in [4.69, 9.17) is 21.4 Å². The molecule has 90 valence electrons. The molecule has 0 aromatic heterocycles. The molecule has 1 unspecified atom stereocenters. The lowest BCUT2D eigenvalue weighted by Crippen LogP contribution is -2.18.